The highest BCUT2D eigenvalue weighted by molar-refractivity contribution is 7.98. The van der Waals surface area contributed by atoms with Gasteiger partial charge >= 0.3 is 0 Å². The number of para-hydroxylation sites is 1. The molecule has 132 valence electrons. The van der Waals surface area contributed by atoms with E-state index in [2.05, 4.69) is 5.32 Å². The second kappa shape index (κ2) is 8.08. The van der Waals surface area contributed by atoms with Crippen LogP contribution in [0, 0.1) is 17.0 Å². The Morgan fingerprint density at radius 2 is 1.96 bits per heavy atom. The molecule has 25 heavy (non-hydrogen) atoms. The minimum absolute atomic E-state index is 0.0970. The largest absolute Gasteiger partial charge is 0.322 e. The number of alkyl halides is 2. The van der Waals surface area contributed by atoms with Gasteiger partial charge in [-0.3, -0.25) is 14.9 Å². The van der Waals surface area contributed by atoms with Gasteiger partial charge in [-0.05, 0) is 31.5 Å². The maximum absolute atomic E-state index is 12.0. The van der Waals surface area contributed by atoms with E-state index < -0.39 is 10.2 Å². The number of hydrogen-bond donors (Lipinski definition) is 1. The molecule has 5 nitrogen and oxygen atoms in total. The van der Waals surface area contributed by atoms with Gasteiger partial charge in [0.25, 0.3) is 11.6 Å². The molecule has 1 N–H and O–H groups in total. The number of rotatable bonds is 6. The summed E-state index contributed by atoms with van der Waals surface area (Å²) >= 11 is 13.1. The Balaban J connectivity index is 2.15. The molecule has 0 radical (unpaired) electrons. The van der Waals surface area contributed by atoms with Crippen molar-refractivity contribution in [3.05, 3.63) is 63.7 Å². The fourth-order valence-electron chi connectivity index (χ4n) is 2.03. The first-order chi connectivity index (χ1) is 11.7. The smallest absolute Gasteiger partial charge is 0.272 e. The summed E-state index contributed by atoms with van der Waals surface area (Å²) in [6, 6.07) is 12.4. The molecule has 0 bridgehead atoms. The van der Waals surface area contributed by atoms with Crippen molar-refractivity contribution >= 4 is 52.2 Å². The molecule has 0 saturated carbocycles. The third-order valence-electron chi connectivity index (χ3n) is 3.40. The van der Waals surface area contributed by atoms with Gasteiger partial charge in [0.05, 0.1) is 10.6 Å². The zero-order chi connectivity index (χ0) is 18.6. The van der Waals surface area contributed by atoms with E-state index in [4.69, 9.17) is 23.2 Å². The number of nitrogens with one attached hydrogen (secondary N) is 1. The zero-order valence-electron chi connectivity index (χ0n) is 13.6. The molecular weight excluding hydrogens is 383 g/mol. The Kier molecular flexibility index (Phi) is 6.32. The molecule has 0 aromatic heterocycles. The summed E-state index contributed by atoms with van der Waals surface area (Å²) in [5, 5.41) is 13.7. The van der Waals surface area contributed by atoms with Crippen LogP contribution in [0.15, 0.2) is 47.4 Å². The van der Waals surface area contributed by atoms with Crippen molar-refractivity contribution in [2.24, 2.45) is 0 Å². The number of carbonyl (C=O) groups is 1. The maximum Gasteiger partial charge on any atom is 0.272 e. The first-order valence-corrected chi connectivity index (χ1v) is 9.07. The molecule has 0 heterocycles. The lowest BCUT2D eigenvalue weighted by atomic mass is 10.1. The molecule has 0 spiro atoms. The van der Waals surface area contributed by atoms with Gasteiger partial charge < -0.3 is 5.32 Å². The second-order valence-corrected chi connectivity index (χ2v) is 8.23. The van der Waals surface area contributed by atoms with Crippen LogP contribution < -0.4 is 5.32 Å². The number of amides is 1. The highest BCUT2D eigenvalue weighted by Crippen LogP contribution is 2.32. The highest BCUT2D eigenvalue weighted by Gasteiger charge is 2.27. The van der Waals surface area contributed by atoms with Crippen LogP contribution in [-0.4, -0.2) is 15.2 Å². The summed E-state index contributed by atoms with van der Waals surface area (Å²) < 4.78 is -1.53. The predicted molar refractivity (Wildman–Crippen MR) is 103 cm³/mol. The van der Waals surface area contributed by atoms with Gasteiger partial charge in [0.1, 0.15) is 0 Å². The van der Waals surface area contributed by atoms with Crippen molar-refractivity contribution in [1.82, 2.24) is 0 Å². The van der Waals surface area contributed by atoms with Crippen LogP contribution in [0.4, 0.5) is 11.4 Å². The molecule has 2 rings (SSSR count). The summed E-state index contributed by atoms with van der Waals surface area (Å²) in [7, 11) is 0. The monoisotopic (exact) mass is 398 g/mol. The van der Waals surface area contributed by atoms with Gasteiger partial charge in [-0.2, -0.15) is 0 Å². The van der Waals surface area contributed by atoms with Crippen molar-refractivity contribution in [2.75, 3.05) is 5.32 Å². The van der Waals surface area contributed by atoms with Crippen LogP contribution in [0.3, 0.4) is 0 Å². The molecule has 0 aliphatic heterocycles. The van der Waals surface area contributed by atoms with E-state index in [0.29, 0.717) is 17.0 Å². The van der Waals surface area contributed by atoms with E-state index in [1.807, 2.05) is 18.2 Å². The quantitative estimate of drug-likeness (QED) is 0.309. The van der Waals surface area contributed by atoms with Crippen molar-refractivity contribution in [3.63, 3.8) is 0 Å². The third kappa shape index (κ3) is 5.36. The van der Waals surface area contributed by atoms with Crippen LogP contribution in [-0.2, 0) is 10.5 Å². The zero-order valence-corrected chi connectivity index (χ0v) is 15.9. The number of nitrogens with zero attached hydrogens (tertiary/aromatic N) is 1. The minimum Gasteiger partial charge on any atom is -0.322 e. The number of thioether (sulfide) groups is 1. The van der Waals surface area contributed by atoms with E-state index in [0.717, 1.165) is 10.5 Å². The molecule has 1 amide bonds. The lowest BCUT2D eigenvalue weighted by Gasteiger charge is -2.15. The van der Waals surface area contributed by atoms with Crippen molar-refractivity contribution < 1.29 is 9.72 Å². The maximum atomic E-state index is 12.0. The number of carbonyl (C=O) groups excluding carboxylic acids is 1. The van der Waals surface area contributed by atoms with E-state index in [1.165, 1.54) is 18.7 Å². The lowest BCUT2D eigenvalue weighted by molar-refractivity contribution is -0.385. The number of hydrogen-bond acceptors (Lipinski definition) is 4. The van der Waals surface area contributed by atoms with Crippen LogP contribution in [0.25, 0.3) is 0 Å². The Morgan fingerprint density at radius 3 is 2.60 bits per heavy atom. The van der Waals surface area contributed by atoms with E-state index in [1.54, 1.807) is 31.2 Å². The summed E-state index contributed by atoms with van der Waals surface area (Å²) in [4.78, 5) is 23.4. The van der Waals surface area contributed by atoms with Crippen LogP contribution in [0.1, 0.15) is 18.1 Å². The topological polar surface area (TPSA) is 72.2 Å². The van der Waals surface area contributed by atoms with Crippen LogP contribution in [0.2, 0.25) is 0 Å². The summed E-state index contributed by atoms with van der Waals surface area (Å²) in [5.41, 5.74) is 2.13. The fraction of sp³-hybridized carbons (Fsp3) is 0.235. The molecule has 0 saturated heterocycles. The molecule has 8 heteroatoms. The number of anilines is 1. The molecule has 0 aliphatic rings. The van der Waals surface area contributed by atoms with E-state index in [-0.39, 0.29) is 10.6 Å². The number of benzene rings is 2. The van der Waals surface area contributed by atoms with Gasteiger partial charge in [-0.15, -0.1) is 11.8 Å². The highest BCUT2D eigenvalue weighted by atomic mass is 35.5. The Morgan fingerprint density at radius 1 is 1.28 bits per heavy atom. The molecule has 0 aliphatic carbocycles. The van der Waals surface area contributed by atoms with Gasteiger partial charge in [-0.1, -0.05) is 47.5 Å². The number of nitro groups is 1. The van der Waals surface area contributed by atoms with E-state index in [9.17, 15) is 14.9 Å². The summed E-state index contributed by atoms with van der Waals surface area (Å²) in [6.45, 7) is 3.10. The average molecular weight is 399 g/mol. The minimum atomic E-state index is -1.53. The first-order valence-electron chi connectivity index (χ1n) is 7.33. The number of aryl methyl sites for hydroxylation is 1. The number of halogens is 2. The van der Waals surface area contributed by atoms with Gasteiger partial charge in [0, 0.05) is 22.3 Å². The summed E-state index contributed by atoms with van der Waals surface area (Å²) in [6.07, 6.45) is 0. The van der Waals surface area contributed by atoms with Crippen molar-refractivity contribution in [2.45, 2.75) is 28.8 Å². The molecule has 0 unspecified atom stereocenters. The molecular formula is C17H16Cl2N2O3S. The van der Waals surface area contributed by atoms with Gasteiger partial charge in [0.2, 0.25) is 0 Å². The molecule has 0 fully saturated rings. The van der Waals surface area contributed by atoms with E-state index >= 15 is 0 Å². The molecule has 2 aromatic carbocycles. The second-order valence-electron chi connectivity index (χ2n) is 5.51. The van der Waals surface area contributed by atoms with Crippen LogP contribution >= 0.6 is 35.0 Å². The fourth-order valence-corrected chi connectivity index (χ4v) is 3.08. The number of nitro benzene ring substituents is 1. The van der Waals surface area contributed by atoms with Crippen molar-refractivity contribution in [1.29, 1.82) is 0 Å². The first kappa shape index (κ1) is 19.6. The van der Waals surface area contributed by atoms with Crippen molar-refractivity contribution in [3.8, 4) is 0 Å². The summed E-state index contributed by atoms with van der Waals surface area (Å²) in [5.74, 6) is 0.00220. The van der Waals surface area contributed by atoms with Gasteiger partial charge in [-0.25, -0.2) is 0 Å². The molecule has 2 aromatic rings. The Hall–Kier alpha value is -1.76. The predicted octanol–water partition coefficient (Wildman–Crippen LogP) is 5.33. The molecule has 0 atom stereocenters. The van der Waals surface area contributed by atoms with Gasteiger partial charge in [0.15, 0.2) is 4.33 Å². The third-order valence-corrected chi connectivity index (χ3v) is 4.89. The SMILES string of the molecule is Cc1ccc(CSc2ccccc2NC(=O)C(C)(Cl)Cl)cc1[N+](=O)[O-]. The lowest BCUT2D eigenvalue weighted by Crippen LogP contribution is -2.29. The normalized spacial score (nSPS) is 11.2. The Labute approximate surface area is 159 Å². The average Bonchev–Trinajstić information content (AvgIpc) is 2.54. The van der Waals surface area contributed by atoms with Crippen LogP contribution in [0.5, 0.6) is 0 Å². The Bertz CT molecular complexity index is 807. The standard InChI is InChI=1S/C17H16Cl2N2O3S/c1-11-7-8-12(9-14(11)21(23)24)10-25-15-6-4-3-5-13(15)20-16(22)17(2,18)19/h3-9H,10H2,1-2H3,(H,20,22).